The molecular weight excluding hydrogens is 423 g/mol. The topological polar surface area (TPSA) is 54.1 Å². The Morgan fingerprint density at radius 1 is 1.52 bits per heavy atom. The predicted octanol–water partition coefficient (Wildman–Crippen LogP) is 2.15. The summed E-state index contributed by atoms with van der Waals surface area (Å²) in [6.45, 7) is 9.67. The molecule has 1 aromatic heterocycles. The van der Waals surface area contributed by atoms with Gasteiger partial charge in [-0.05, 0) is 37.3 Å². The summed E-state index contributed by atoms with van der Waals surface area (Å²) in [5.41, 5.74) is 7.64. The number of ether oxygens (including phenoxy) is 1. The van der Waals surface area contributed by atoms with Gasteiger partial charge in [-0.3, -0.25) is 9.89 Å². The highest BCUT2D eigenvalue weighted by atomic mass is 127. The summed E-state index contributed by atoms with van der Waals surface area (Å²) in [7, 11) is 0. The fourth-order valence-corrected chi connectivity index (χ4v) is 4.00. The minimum atomic E-state index is 0. The molecule has 3 rings (SSSR count). The third-order valence-electron chi connectivity index (χ3n) is 4.54. The number of rotatable bonds is 3. The summed E-state index contributed by atoms with van der Waals surface area (Å²) >= 11 is 1.88. The standard InChI is InChI=1S/C16H26N4OS.HI/c1-12(19-5-3-15-14(11-19)4-8-22-15)9-18-16(17)20-6-7-21-13(2)10-20;/h4,8,12-13H,3,5-7,9-11H2,1-2H3,(H2,17,18);1H. The third kappa shape index (κ3) is 4.80. The van der Waals surface area contributed by atoms with E-state index in [9.17, 15) is 0 Å². The number of hydrogen-bond acceptors (Lipinski definition) is 4. The van der Waals surface area contributed by atoms with Crippen LogP contribution in [0, 0.1) is 0 Å². The first kappa shape index (κ1) is 19.0. The maximum atomic E-state index is 6.15. The van der Waals surface area contributed by atoms with Crippen LogP contribution in [0.2, 0.25) is 0 Å². The molecule has 7 heteroatoms. The van der Waals surface area contributed by atoms with Crippen LogP contribution in [0.4, 0.5) is 0 Å². The van der Waals surface area contributed by atoms with E-state index in [0.29, 0.717) is 12.0 Å². The Bertz CT molecular complexity index is 536. The van der Waals surface area contributed by atoms with E-state index in [-0.39, 0.29) is 30.1 Å². The van der Waals surface area contributed by atoms with Gasteiger partial charge in [0.25, 0.3) is 0 Å². The average molecular weight is 450 g/mol. The van der Waals surface area contributed by atoms with Crippen molar-refractivity contribution >= 4 is 41.3 Å². The third-order valence-corrected chi connectivity index (χ3v) is 5.57. The predicted molar refractivity (Wildman–Crippen MR) is 107 cm³/mol. The second-order valence-corrected chi connectivity index (χ2v) is 7.27. The normalized spacial score (nSPS) is 24.0. The van der Waals surface area contributed by atoms with Crippen molar-refractivity contribution in [2.45, 2.75) is 39.0 Å². The molecule has 5 nitrogen and oxygen atoms in total. The van der Waals surface area contributed by atoms with Crippen LogP contribution < -0.4 is 5.73 Å². The van der Waals surface area contributed by atoms with Crippen LogP contribution in [0.1, 0.15) is 24.3 Å². The first-order valence-corrected chi connectivity index (χ1v) is 8.97. The zero-order chi connectivity index (χ0) is 15.5. The molecule has 2 aliphatic heterocycles. The fourth-order valence-electron chi connectivity index (χ4n) is 3.11. The Kier molecular flexibility index (Phi) is 7.12. The molecule has 1 aromatic rings. The van der Waals surface area contributed by atoms with E-state index in [0.717, 1.165) is 45.8 Å². The van der Waals surface area contributed by atoms with Crippen molar-refractivity contribution in [3.8, 4) is 0 Å². The Morgan fingerprint density at radius 2 is 2.35 bits per heavy atom. The molecule has 0 radical (unpaired) electrons. The maximum Gasteiger partial charge on any atom is 0.191 e. The van der Waals surface area contributed by atoms with Gasteiger partial charge in [0, 0.05) is 37.1 Å². The second-order valence-electron chi connectivity index (χ2n) is 6.26. The van der Waals surface area contributed by atoms with Crippen molar-refractivity contribution in [2.75, 3.05) is 32.8 Å². The van der Waals surface area contributed by atoms with Crippen LogP contribution in [-0.2, 0) is 17.7 Å². The minimum absolute atomic E-state index is 0. The second kappa shape index (κ2) is 8.64. The van der Waals surface area contributed by atoms with Gasteiger partial charge in [0.2, 0.25) is 0 Å². The fraction of sp³-hybridized carbons (Fsp3) is 0.688. The number of hydrogen-bond donors (Lipinski definition) is 1. The van der Waals surface area contributed by atoms with E-state index in [1.54, 1.807) is 4.88 Å². The summed E-state index contributed by atoms with van der Waals surface area (Å²) in [6, 6.07) is 2.68. The van der Waals surface area contributed by atoms with E-state index < -0.39 is 0 Å². The maximum absolute atomic E-state index is 6.15. The Balaban J connectivity index is 0.00000192. The molecule has 2 unspecified atom stereocenters. The monoisotopic (exact) mass is 450 g/mol. The molecule has 0 amide bonds. The number of nitrogens with two attached hydrogens (primary N) is 1. The molecule has 2 N–H and O–H groups in total. The van der Waals surface area contributed by atoms with Crippen molar-refractivity contribution in [2.24, 2.45) is 10.7 Å². The van der Waals surface area contributed by atoms with E-state index in [2.05, 4.69) is 40.1 Å². The van der Waals surface area contributed by atoms with Crippen LogP contribution in [0.3, 0.4) is 0 Å². The lowest BCUT2D eigenvalue weighted by Crippen LogP contribution is -2.48. The largest absolute Gasteiger partial charge is 0.375 e. The molecule has 1 saturated heterocycles. The molecule has 2 atom stereocenters. The number of nitrogens with zero attached hydrogens (tertiary/aromatic N) is 3. The lowest BCUT2D eigenvalue weighted by molar-refractivity contribution is 0.00525. The van der Waals surface area contributed by atoms with Crippen LogP contribution in [-0.4, -0.2) is 60.7 Å². The Hall–Kier alpha value is -0.380. The van der Waals surface area contributed by atoms with Gasteiger partial charge in [0.1, 0.15) is 0 Å². The van der Waals surface area contributed by atoms with Gasteiger partial charge in [-0.2, -0.15) is 0 Å². The van der Waals surface area contributed by atoms with Crippen molar-refractivity contribution in [1.82, 2.24) is 9.80 Å². The number of fused-ring (bicyclic) bond motifs is 1. The number of morpholine rings is 1. The van der Waals surface area contributed by atoms with Gasteiger partial charge in [-0.25, -0.2) is 0 Å². The molecule has 0 aliphatic carbocycles. The molecule has 3 heterocycles. The molecule has 1 fully saturated rings. The van der Waals surface area contributed by atoms with Crippen molar-refractivity contribution < 1.29 is 4.74 Å². The Morgan fingerprint density at radius 3 is 3.13 bits per heavy atom. The molecule has 0 spiro atoms. The number of thiophene rings is 1. The Labute approximate surface area is 159 Å². The highest BCUT2D eigenvalue weighted by Gasteiger charge is 2.22. The quantitative estimate of drug-likeness (QED) is 0.436. The lowest BCUT2D eigenvalue weighted by Gasteiger charge is -2.33. The van der Waals surface area contributed by atoms with Crippen LogP contribution in [0.25, 0.3) is 0 Å². The summed E-state index contributed by atoms with van der Waals surface area (Å²) in [4.78, 5) is 10.8. The van der Waals surface area contributed by atoms with E-state index in [1.165, 1.54) is 5.56 Å². The number of halogens is 1. The van der Waals surface area contributed by atoms with Gasteiger partial charge in [0.05, 0.1) is 19.3 Å². The summed E-state index contributed by atoms with van der Waals surface area (Å²) in [5.74, 6) is 0.662. The van der Waals surface area contributed by atoms with Gasteiger partial charge in [0.15, 0.2) is 5.96 Å². The zero-order valence-corrected chi connectivity index (χ0v) is 17.0. The molecule has 130 valence electrons. The smallest absolute Gasteiger partial charge is 0.191 e. The van der Waals surface area contributed by atoms with Gasteiger partial charge < -0.3 is 15.4 Å². The van der Waals surface area contributed by atoms with Crippen LogP contribution in [0.5, 0.6) is 0 Å². The SMILES string of the molecule is CC1CN(C(N)=NCC(C)N2CCc3sccc3C2)CCO1.I. The minimum Gasteiger partial charge on any atom is -0.375 e. The molecule has 0 bridgehead atoms. The first-order valence-electron chi connectivity index (χ1n) is 8.09. The van der Waals surface area contributed by atoms with Crippen molar-refractivity contribution in [3.05, 3.63) is 21.9 Å². The summed E-state index contributed by atoms with van der Waals surface area (Å²) in [5, 5.41) is 2.20. The van der Waals surface area contributed by atoms with Crippen molar-refractivity contribution in [3.63, 3.8) is 0 Å². The first-order chi connectivity index (χ1) is 10.6. The van der Waals surface area contributed by atoms with Crippen LogP contribution in [0.15, 0.2) is 16.4 Å². The average Bonchev–Trinajstić information content (AvgIpc) is 2.99. The number of aliphatic imine (C=N–C) groups is 1. The van der Waals surface area contributed by atoms with Gasteiger partial charge >= 0.3 is 0 Å². The summed E-state index contributed by atoms with van der Waals surface area (Å²) in [6.07, 6.45) is 1.40. The van der Waals surface area contributed by atoms with Crippen molar-refractivity contribution in [1.29, 1.82) is 0 Å². The van der Waals surface area contributed by atoms with E-state index >= 15 is 0 Å². The zero-order valence-electron chi connectivity index (χ0n) is 13.9. The highest BCUT2D eigenvalue weighted by Crippen LogP contribution is 2.25. The molecule has 23 heavy (non-hydrogen) atoms. The van der Waals surface area contributed by atoms with Gasteiger partial charge in [-0.15, -0.1) is 35.3 Å². The highest BCUT2D eigenvalue weighted by molar-refractivity contribution is 14.0. The van der Waals surface area contributed by atoms with E-state index in [4.69, 9.17) is 10.5 Å². The van der Waals surface area contributed by atoms with Gasteiger partial charge in [-0.1, -0.05) is 0 Å². The molecule has 0 saturated carbocycles. The summed E-state index contributed by atoms with van der Waals surface area (Å²) < 4.78 is 5.55. The molecule has 2 aliphatic rings. The molecular formula is C16H27IN4OS. The lowest BCUT2D eigenvalue weighted by atomic mass is 10.1. The molecule has 0 aromatic carbocycles. The number of guanidine groups is 1. The van der Waals surface area contributed by atoms with E-state index in [1.807, 2.05) is 11.3 Å². The van der Waals surface area contributed by atoms with Crippen LogP contribution >= 0.6 is 35.3 Å².